The van der Waals surface area contributed by atoms with Crippen LogP contribution in [0.5, 0.6) is 5.75 Å². The van der Waals surface area contributed by atoms with Gasteiger partial charge in [-0.3, -0.25) is 9.59 Å². The standard InChI is InChI=1S/C24H24N2O6S/c1-2-3-14-32-19-10-12-20(13-11-19)33(30,31)26-15-18-6-4-5-7-21(18)25(16-22(26)24(28)29)23(27)17-8-9-17/h4-7,10-13,17,22H,8-9,14-16H2,1H3,(H,28,29). The maximum atomic E-state index is 13.6. The van der Waals surface area contributed by atoms with E-state index in [0.29, 0.717) is 17.0 Å². The second kappa shape index (κ2) is 9.25. The molecule has 0 aromatic heterocycles. The van der Waals surface area contributed by atoms with Crippen LogP contribution in [0, 0.1) is 17.8 Å². The largest absolute Gasteiger partial charge is 0.481 e. The second-order valence-electron chi connectivity index (χ2n) is 7.94. The van der Waals surface area contributed by atoms with Gasteiger partial charge < -0.3 is 14.7 Å². The van der Waals surface area contributed by atoms with Crippen molar-refractivity contribution in [3.05, 3.63) is 54.1 Å². The first-order chi connectivity index (χ1) is 15.8. The van der Waals surface area contributed by atoms with Crippen LogP contribution in [0.3, 0.4) is 0 Å². The minimum Gasteiger partial charge on any atom is -0.481 e. The Morgan fingerprint density at radius 3 is 2.45 bits per heavy atom. The Kier molecular flexibility index (Phi) is 6.40. The van der Waals surface area contributed by atoms with Crippen LogP contribution in [-0.2, 0) is 26.2 Å². The average Bonchev–Trinajstić information content (AvgIpc) is 3.65. The molecule has 1 N–H and O–H groups in total. The predicted molar refractivity (Wildman–Crippen MR) is 121 cm³/mol. The lowest BCUT2D eigenvalue weighted by Crippen LogP contribution is -2.50. The topological polar surface area (TPSA) is 104 Å². The molecular formula is C24H24N2O6S. The van der Waals surface area contributed by atoms with Crippen molar-refractivity contribution < 1.29 is 27.9 Å². The summed E-state index contributed by atoms with van der Waals surface area (Å²) in [5, 5.41) is 9.96. The van der Waals surface area contributed by atoms with Crippen molar-refractivity contribution in [3.63, 3.8) is 0 Å². The molecular weight excluding hydrogens is 444 g/mol. The molecule has 1 heterocycles. The van der Waals surface area contributed by atoms with Gasteiger partial charge in [-0.15, -0.1) is 5.92 Å². The van der Waals surface area contributed by atoms with Crippen molar-refractivity contribution in [2.45, 2.75) is 37.2 Å². The maximum Gasteiger partial charge on any atom is 0.323 e. The summed E-state index contributed by atoms with van der Waals surface area (Å²) >= 11 is 0. The zero-order chi connectivity index (χ0) is 23.6. The SMILES string of the molecule is CC#CCOc1ccc(S(=O)(=O)N2Cc3ccccc3N(C(=O)C3CC3)CC2C(=O)O)cc1. The first-order valence-electron chi connectivity index (χ1n) is 10.6. The number of carboxylic acids is 1. The Labute approximate surface area is 192 Å². The Morgan fingerprint density at radius 2 is 1.82 bits per heavy atom. The first kappa shape index (κ1) is 22.8. The van der Waals surface area contributed by atoms with Crippen LogP contribution in [0.4, 0.5) is 5.69 Å². The van der Waals surface area contributed by atoms with Crippen molar-refractivity contribution in [2.75, 3.05) is 18.1 Å². The van der Waals surface area contributed by atoms with E-state index in [1.54, 1.807) is 31.2 Å². The molecule has 33 heavy (non-hydrogen) atoms. The Morgan fingerprint density at radius 1 is 1.12 bits per heavy atom. The van der Waals surface area contributed by atoms with E-state index in [2.05, 4.69) is 11.8 Å². The second-order valence-corrected chi connectivity index (χ2v) is 9.83. The van der Waals surface area contributed by atoms with Gasteiger partial charge in [-0.25, -0.2) is 8.42 Å². The fourth-order valence-electron chi connectivity index (χ4n) is 3.80. The van der Waals surface area contributed by atoms with E-state index in [4.69, 9.17) is 4.74 Å². The molecule has 2 aromatic carbocycles. The van der Waals surface area contributed by atoms with Gasteiger partial charge in [0.25, 0.3) is 0 Å². The van der Waals surface area contributed by atoms with E-state index in [1.807, 2.05) is 0 Å². The summed E-state index contributed by atoms with van der Waals surface area (Å²) < 4.78 is 33.5. The third kappa shape index (κ3) is 4.72. The lowest BCUT2D eigenvalue weighted by Gasteiger charge is -2.28. The number of anilines is 1. The van der Waals surface area contributed by atoms with E-state index >= 15 is 0 Å². The highest BCUT2D eigenvalue weighted by Gasteiger charge is 2.44. The Hall–Kier alpha value is -3.35. The highest BCUT2D eigenvalue weighted by atomic mass is 32.2. The molecule has 8 nitrogen and oxygen atoms in total. The lowest BCUT2D eigenvalue weighted by molar-refractivity contribution is -0.141. The van der Waals surface area contributed by atoms with Crippen molar-refractivity contribution in [3.8, 4) is 17.6 Å². The highest BCUT2D eigenvalue weighted by Crippen LogP contribution is 2.37. The van der Waals surface area contributed by atoms with E-state index in [0.717, 1.165) is 17.1 Å². The number of para-hydroxylation sites is 1. The molecule has 2 aliphatic rings. The molecule has 9 heteroatoms. The fourth-order valence-corrected chi connectivity index (χ4v) is 5.35. The monoisotopic (exact) mass is 468 g/mol. The smallest absolute Gasteiger partial charge is 0.323 e. The van der Waals surface area contributed by atoms with E-state index < -0.39 is 22.0 Å². The van der Waals surface area contributed by atoms with E-state index in [-0.39, 0.29) is 36.4 Å². The Bertz CT molecular complexity index is 1230. The van der Waals surface area contributed by atoms with Gasteiger partial charge in [-0.2, -0.15) is 4.31 Å². The van der Waals surface area contributed by atoms with E-state index in [1.165, 1.54) is 29.2 Å². The normalized spacial score (nSPS) is 18.5. The number of hydrogen-bond donors (Lipinski definition) is 1. The Balaban J connectivity index is 1.70. The number of rotatable bonds is 6. The number of aliphatic carboxylic acids is 1. The number of carboxylic acid groups (broad SMARTS) is 1. The summed E-state index contributed by atoms with van der Waals surface area (Å²) in [5.74, 6) is 4.31. The highest BCUT2D eigenvalue weighted by molar-refractivity contribution is 7.89. The number of hydrogen-bond acceptors (Lipinski definition) is 5. The number of ether oxygens (including phenoxy) is 1. The van der Waals surface area contributed by atoms with Crippen LogP contribution in [0.15, 0.2) is 53.4 Å². The van der Waals surface area contributed by atoms with Gasteiger partial charge in [-0.1, -0.05) is 24.1 Å². The fraction of sp³-hybridized carbons (Fsp3) is 0.333. The number of carbonyl (C=O) groups excluding carboxylic acids is 1. The molecule has 0 spiro atoms. The van der Waals surface area contributed by atoms with Gasteiger partial charge >= 0.3 is 5.97 Å². The molecule has 1 saturated carbocycles. The van der Waals surface area contributed by atoms with Crippen LogP contribution < -0.4 is 9.64 Å². The average molecular weight is 469 g/mol. The number of amides is 1. The third-order valence-corrected chi connectivity index (χ3v) is 7.58. The number of fused-ring (bicyclic) bond motifs is 1. The molecule has 1 unspecified atom stereocenters. The van der Waals surface area contributed by atoms with Crippen LogP contribution in [-0.4, -0.2) is 48.9 Å². The van der Waals surface area contributed by atoms with Crippen LogP contribution in [0.25, 0.3) is 0 Å². The summed E-state index contributed by atoms with van der Waals surface area (Å²) in [6.45, 7) is 1.46. The summed E-state index contributed by atoms with van der Waals surface area (Å²) in [5.41, 5.74) is 1.14. The molecule has 4 rings (SSSR count). The molecule has 1 amide bonds. The van der Waals surface area contributed by atoms with Crippen molar-refractivity contribution in [2.24, 2.45) is 5.92 Å². The lowest BCUT2D eigenvalue weighted by atomic mass is 10.1. The molecule has 0 bridgehead atoms. The van der Waals surface area contributed by atoms with Crippen LogP contribution in [0.1, 0.15) is 25.3 Å². The molecule has 1 aliphatic heterocycles. The van der Waals surface area contributed by atoms with E-state index in [9.17, 15) is 23.1 Å². The molecule has 1 aliphatic carbocycles. The van der Waals surface area contributed by atoms with Gasteiger partial charge in [-0.05, 0) is 55.7 Å². The van der Waals surface area contributed by atoms with Crippen LogP contribution in [0.2, 0.25) is 0 Å². The summed E-state index contributed by atoms with van der Waals surface area (Å²) in [6, 6.07) is 11.3. The van der Waals surface area contributed by atoms with Gasteiger partial charge in [0.05, 0.1) is 11.4 Å². The van der Waals surface area contributed by atoms with Crippen molar-refractivity contribution in [1.29, 1.82) is 0 Å². The van der Waals surface area contributed by atoms with Gasteiger partial charge in [0, 0.05) is 18.2 Å². The van der Waals surface area contributed by atoms with Crippen molar-refractivity contribution in [1.82, 2.24) is 4.31 Å². The first-order valence-corrected chi connectivity index (χ1v) is 12.0. The summed E-state index contributed by atoms with van der Waals surface area (Å²) in [6.07, 6.45) is 1.52. The summed E-state index contributed by atoms with van der Waals surface area (Å²) in [4.78, 5) is 26.6. The molecule has 1 fully saturated rings. The minimum atomic E-state index is -4.19. The zero-order valence-corrected chi connectivity index (χ0v) is 18.9. The molecule has 1 atom stereocenters. The number of nitrogens with zero attached hydrogens (tertiary/aromatic N) is 2. The molecule has 0 radical (unpaired) electrons. The minimum absolute atomic E-state index is 0.0536. The molecule has 0 saturated heterocycles. The van der Waals surface area contributed by atoms with Gasteiger partial charge in [0.2, 0.25) is 15.9 Å². The number of carbonyl (C=O) groups is 2. The van der Waals surface area contributed by atoms with Crippen LogP contribution >= 0.6 is 0 Å². The molecule has 2 aromatic rings. The predicted octanol–water partition coefficient (Wildman–Crippen LogP) is 2.49. The molecule has 172 valence electrons. The maximum absolute atomic E-state index is 13.6. The quantitative estimate of drug-likeness (QED) is 0.654. The number of sulfonamides is 1. The zero-order valence-electron chi connectivity index (χ0n) is 18.1. The van der Waals surface area contributed by atoms with Gasteiger partial charge in [0.1, 0.15) is 18.4 Å². The number of benzene rings is 2. The van der Waals surface area contributed by atoms with Gasteiger partial charge in [0.15, 0.2) is 0 Å². The summed E-state index contributed by atoms with van der Waals surface area (Å²) in [7, 11) is -4.19. The third-order valence-electron chi connectivity index (χ3n) is 5.71. The van der Waals surface area contributed by atoms with Crippen molar-refractivity contribution >= 4 is 27.6 Å².